The van der Waals surface area contributed by atoms with Crippen LogP contribution in [-0.2, 0) is 20.9 Å². The number of carbonyl (C=O) groups excluding carboxylic acids is 2. The molecule has 2 N–H and O–H groups in total. The molecule has 1 heterocycles. The fourth-order valence-corrected chi connectivity index (χ4v) is 1.57. The number of esters is 1. The zero-order valence-corrected chi connectivity index (χ0v) is 10.4. The van der Waals surface area contributed by atoms with Gasteiger partial charge in [-0.15, -0.1) is 0 Å². The van der Waals surface area contributed by atoms with Gasteiger partial charge in [0.05, 0.1) is 13.5 Å². The Hall–Kier alpha value is -1.78. The summed E-state index contributed by atoms with van der Waals surface area (Å²) >= 11 is 0. The number of ether oxygens (including phenoxy) is 1. The highest BCUT2D eigenvalue weighted by Crippen LogP contribution is 2.08. The molecule has 1 aromatic rings. The van der Waals surface area contributed by atoms with Gasteiger partial charge in [0.15, 0.2) is 0 Å². The Morgan fingerprint density at radius 1 is 1.35 bits per heavy atom. The number of H-pyrrole nitrogens is 1. The van der Waals surface area contributed by atoms with Gasteiger partial charge in [0.25, 0.3) is 0 Å². The van der Waals surface area contributed by atoms with Crippen molar-refractivity contribution in [1.29, 1.82) is 0 Å². The van der Waals surface area contributed by atoms with E-state index in [0.29, 0.717) is 6.54 Å². The van der Waals surface area contributed by atoms with Gasteiger partial charge in [0.2, 0.25) is 5.91 Å². The average molecular weight is 238 g/mol. The van der Waals surface area contributed by atoms with Crippen LogP contribution in [0.5, 0.6) is 0 Å². The molecule has 17 heavy (non-hydrogen) atoms. The van der Waals surface area contributed by atoms with E-state index in [1.54, 1.807) is 0 Å². The van der Waals surface area contributed by atoms with Crippen molar-refractivity contribution in [3.05, 3.63) is 23.0 Å². The van der Waals surface area contributed by atoms with E-state index in [0.717, 1.165) is 17.0 Å². The van der Waals surface area contributed by atoms with Crippen LogP contribution in [0.1, 0.15) is 29.8 Å². The minimum Gasteiger partial charge on any atom is -0.469 e. The van der Waals surface area contributed by atoms with Crippen LogP contribution < -0.4 is 5.32 Å². The predicted octanol–water partition coefficient (Wildman–Crippen LogP) is 1.20. The first-order valence-corrected chi connectivity index (χ1v) is 5.51. The third-order valence-corrected chi connectivity index (χ3v) is 2.52. The molecule has 5 nitrogen and oxygen atoms in total. The Bertz CT molecular complexity index is 410. The van der Waals surface area contributed by atoms with Crippen LogP contribution in [0.3, 0.4) is 0 Å². The van der Waals surface area contributed by atoms with Gasteiger partial charge in [-0.25, -0.2) is 0 Å². The molecule has 94 valence electrons. The molecule has 0 radical (unpaired) electrons. The van der Waals surface area contributed by atoms with Crippen molar-refractivity contribution in [3.8, 4) is 0 Å². The molecular formula is C12H18N2O3. The maximum absolute atomic E-state index is 11.4. The molecule has 1 rings (SSSR count). The Kier molecular flexibility index (Phi) is 4.75. The number of methoxy groups -OCH3 is 1. The predicted molar refractivity (Wildman–Crippen MR) is 63.4 cm³/mol. The minimum atomic E-state index is -0.367. The molecule has 0 saturated carbocycles. The van der Waals surface area contributed by atoms with E-state index in [4.69, 9.17) is 0 Å². The third-order valence-electron chi connectivity index (χ3n) is 2.52. The van der Waals surface area contributed by atoms with Crippen LogP contribution in [0.25, 0.3) is 0 Å². The third kappa shape index (κ3) is 4.30. The summed E-state index contributed by atoms with van der Waals surface area (Å²) in [6, 6.07) is 2.00. The number of rotatable bonds is 5. The highest BCUT2D eigenvalue weighted by molar-refractivity contribution is 5.81. The minimum absolute atomic E-state index is 0.119. The quantitative estimate of drug-likeness (QED) is 0.757. The molecule has 0 bridgehead atoms. The number of carbonyl (C=O) groups is 2. The Balaban J connectivity index is 2.33. The van der Waals surface area contributed by atoms with Crippen molar-refractivity contribution < 1.29 is 14.3 Å². The van der Waals surface area contributed by atoms with Crippen LogP contribution in [0.2, 0.25) is 0 Å². The fraction of sp³-hybridized carbons (Fsp3) is 0.500. The summed E-state index contributed by atoms with van der Waals surface area (Å²) in [4.78, 5) is 25.4. The summed E-state index contributed by atoms with van der Waals surface area (Å²) in [5.74, 6) is -0.512. The summed E-state index contributed by atoms with van der Waals surface area (Å²) in [5, 5.41) is 2.77. The molecule has 1 amide bonds. The summed E-state index contributed by atoms with van der Waals surface area (Å²) in [6.07, 6.45) is 0.280. The van der Waals surface area contributed by atoms with E-state index in [1.807, 2.05) is 19.9 Å². The van der Waals surface area contributed by atoms with E-state index in [2.05, 4.69) is 15.0 Å². The van der Waals surface area contributed by atoms with Gasteiger partial charge in [0.1, 0.15) is 0 Å². The lowest BCUT2D eigenvalue weighted by molar-refractivity contribution is -0.142. The Morgan fingerprint density at radius 3 is 2.59 bits per heavy atom. The van der Waals surface area contributed by atoms with Gasteiger partial charge in [-0.05, 0) is 25.5 Å². The number of amides is 1. The molecule has 0 spiro atoms. The summed E-state index contributed by atoms with van der Waals surface area (Å²) in [5.41, 5.74) is 3.19. The molecule has 0 aliphatic heterocycles. The second kappa shape index (κ2) is 6.08. The first kappa shape index (κ1) is 13.3. The van der Waals surface area contributed by atoms with Crippen molar-refractivity contribution in [2.75, 3.05) is 7.11 Å². The fourth-order valence-electron chi connectivity index (χ4n) is 1.57. The van der Waals surface area contributed by atoms with Crippen molar-refractivity contribution in [2.45, 2.75) is 33.2 Å². The number of aromatic nitrogens is 1. The lowest BCUT2D eigenvalue weighted by Gasteiger charge is -2.04. The Labute approximate surface area is 101 Å². The van der Waals surface area contributed by atoms with E-state index >= 15 is 0 Å². The van der Waals surface area contributed by atoms with Crippen LogP contribution in [0.15, 0.2) is 6.07 Å². The highest BCUT2D eigenvalue weighted by atomic mass is 16.5. The first-order chi connectivity index (χ1) is 8.02. The molecule has 0 aromatic carbocycles. The second-order valence-electron chi connectivity index (χ2n) is 3.96. The topological polar surface area (TPSA) is 71.2 Å². The lowest BCUT2D eigenvalue weighted by atomic mass is 10.2. The zero-order chi connectivity index (χ0) is 12.8. The molecule has 0 atom stereocenters. The summed E-state index contributed by atoms with van der Waals surface area (Å²) < 4.78 is 4.46. The molecule has 0 aliphatic carbocycles. The smallest absolute Gasteiger partial charge is 0.306 e. The SMILES string of the molecule is COC(=O)CCC(=O)NCc1cc(C)[nH]c1C. The summed E-state index contributed by atoms with van der Waals surface area (Å²) in [6.45, 7) is 4.41. The monoisotopic (exact) mass is 238 g/mol. The molecule has 0 fully saturated rings. The number of nitrogens with one attached hydrogen (secondary N) is 2. The number of aryl methyl sites for hydroxylation is 2. The highest BCUT2D eigenvalue weighted by Gasteiger charge is 2.07. The molecule has 1 aromatic heterocycles. The van der Waals surface area contributed by atoms with Crippen LogP contribution in [-0.4, -0.2) is 24.0 Å². The van der Waals surface area contributed by atoms with E-state index in [1.165, 1.54) is 7.11 Å². The maximum atomic E-state index is 11.4. The van der Waals surface area contributed by atoms with Gasteiger partial charge >= 0.3 is 5.97 Å². The van der Waals surface area contributed by atoms with Crippen LogP contribution >= 0.6 is 0 Å². The van der Waals surface area contributed by atoms with Crippen molar-refractivity contribution in [2.24, 2.45) is 0 Å². The largest absolute Gasteiger partial charge is 0.469 e. The van der Waals surface area contributed by atoms with E-state index in [-0.39, 0.29) is 24.7 Å². The molecule has 5 heteroatoms. The van der Waals surface area contributed by atoms with Crippen molar-refractivity contribution in [1.82, 2.24) is 10.3 Å². The zero-order valence-electron chi connectivity index (χ0n) is 10.4. The second-order valence-corrected chi connectivity index (χ2v) is 3.96. The van der Waals surface area contributed by atoms with Gasteiger partial charge in [0, 0.05) is 24.4 Å². The van der Waals surface area contributed by atoms with Crippen LogP contribution in [0.4, 0.5) is 0 Å². The lowest BCUT2D eigenvalue weighted by Crippen LogP contribution is -2.23. The van der Waals surface area contributed by atoms with Gasteiger partial charge in [-0.2, -0.15) is 0 Å². The molecular weight excluding hydrogens is 220 g/mol. The van der Waals surface area contributed by atoms with Crippen molar-refractivity contribution >= 4 is 11.9 Å². The Morgan fingerprint density at radius 2 is 2.06 bits per heavy atom. The van der Waals surface area contributed by atoms with E-state index < -0.39 is 0 Å². The van der Waals surface area contributed by atoms with Crippen LogP contribution in [0, 0.1) is 13.8 Å². The standard InChI is InChI=1S/C12H18N2O3/c1-8-6-10(9(2)14-8)7-13-11(15)4-5-12(16)17-3/h6,14H,4-5,7H2,1-3H3,(H,13,15). The number of hydrogen-bond acceptors (Lipinski definition) is 3. The molecule has 0 aliphatic rings. The number of aromatic amines is 1. The molecule has 0 unspecified atom stereocenters. The van der Waals surface area contributed by atoms with Gasteiger partial charge < -0.3 is 15.0 Å². The first-order valence-electron chi connectivity index (χ1n) is 5.51. The summed E-state index contributed by atoms with van der Waals surface area (Å²) in [7, 11) is 1.31. The maximum Gasteiger partial charge on any atom is 0.306 e. The van der Waals surface area contributed by atoms with E-state index in [9.17, 15) is 9.59 Å². The average Bonchev–Trinajstić information content (AvgIpc) is 2.62. The number of hydrogen-bond donors (Lipinski definition) is 2. The van der Waals surface area contributed by atoms with Gasteiger partial charge in [-0.3, -0.25) is 9.59 Å². The van der Waals surface area contributed by atoms with Gasteiger partial charge in [-0.1, -0.05) is 0 Å². The normalized spacial score (nSPS) is 10.1. The van der Waals surface area contributed by atoms with Crippen molar-refractivity contribution in [3.63, 3.8) is 0 Å². The molecule has 0 saturated heterocycles.